The summed E-state index contributed by atoms with van der Waals surface area (Å²) >= 11 is 26.5. The highest BCUT2D eigenvalue weighted by Crippen LogP contribution is 2.38. The van der Waals surface area contributed by atoms with Gasteiger partial charge in [-0.1, -0.05) is 94.9 Å². The molecule has 4 nitrogen and oxygen atoms in total. The maximum Gasteiger partial charge on any atom is 0.264 e. The van der Waals surface area contributed by atoms with Crippen LogP contribution in [0.2, 0.25) is 20.1 Å². The summed E-state index contributed by atoms with van der Waals surface area (Å²) in [7, 11) is 0. The summed E-state index contributed by atoms with van der Waals surface area (Å²) in [5.74, 6) is 0.0928. The minimum atomic E-state index is -0.291. The maximum absolute atomic E-state index is 12.5. The molecule has 5 rings (SSSR count). The molecule has 1 fully saturated rings. The van der Waals surface area contributed by atoms with Crippen molar-refractivity contribution in [1.29, 1.82) is 0 Å². The van der Waals surface area contributed by atoms with Crippen LogP contribution in [0.25, 0.3) is 16.8 Å². The van der Waals surface area contributed by atoms with Crippen LogP contribution in [-0.2, 0) is 11.4 Å². The van der Waals surface area contributed by atoms with E-state index in [-0.39, 0.29) is 5.91 Å². The van der Waals surface area contributed by atoms with Crippen molar-refractivity contribution in [2.24, 2.45) is 4.99 Å². The molecule has 1 amide bonds. The Morgan fingerprint density at radius 1 is 0.889 bits per heavy atom. The van der Waals surface area contributed by atoms with Crippen molar-refractivity contribution in [2.75, 3.05) is 0 Å². The van der Waals surface area contributed by atoms with E-state index in [2.05, 4.69) is 28.5 Å². The molecule has 9 heteroatoms. The molecule has 0 bridgehead atoms. The average Bonchev–Trinajstić information content (AvgIpc) is 3.20. The fourth-order valence-corrected chi connectivity index (χ4v) is 5.47. The van der Waals surface area contributed by atoms with Crippen LogP contribution in [-0.4, -0.2) is 11.1 Å². The number of thioether (sulfide) groups is 1. The lowest BCUT2D eigenvalue weighted by Crippen LogP contribution is -2.19. The number of aliphatic imine (C=N–C) groups is 1. The third kappa shape index (κ3) is 5.36. The van der Waals surface area contributed by atoms with Crippen molar-refractivity contribution < 1.29 is 9.53 Å². The zero-order valence-corrected chi connectivity index (χ0v) is 22.2. The number of hydrogen-bond donors (Lipinski definition) is 1. The van der Waals surface area contributed by atoms with E-state index in [0.717, 1.165) is 16.3 Å². The van der Waals surface area contributed by atoms with Gasteiger partial charge in [0.1, 0.15) is 6.61 Å². The number of amides is 1. The van der Waals surface area contributed by atoms with Crippen LogP contribution in [0.5, 0.6) is 5.75 Å². The largest absolute Gasteiger partial charge is 0.486 e. The van der Waals surface area contributed by atoms with Crippen molar-refractivity contribution in [1.82, 2.24) is 5.32 Å². The van der Waals surface area contributed by atoms with Crippen LogP contribution in [0.15, 0.2) is 82.7 Å². The molecule has 1 heterocycles. The summed E-state index contributed by atoms with van der Waals surface area (Å²) in [5, 5.41) is 6.75. The third-order valence-corrected chi connectivity index (χ3v) is 7.65. The Bertz CT molecular complexity index is 1540. The van der Waals surface area contributed by atoms with Crippen LogP contribution < -0.4 is 10.1 Å². The summed E-state index contributed by atoms with van der Waals surface area (Å²) in [6, 6.07) is 22.7. The number of nitrogens with one attached hydrogen (secondary N) is 1. The summed E-state index contributed by atoms with van der Waals surface area (Å²) in [6.45, 7) is 0.311. The van der Waals surface area contributed by atoms with E-state index >= 15 is 0 Å². The van der Waals surface area contributed by atoms with Crippen LogP contribution in [0.4, 0.5) is 5.69 Å². The maximum atomic E-state index is 12.5. The van der Waals surface area contributed by atoms with Crippen molar-refractivity contribution in [3.63, 3.8) is 0 Å². The zero-order valence-electron chi connectivity index (χ0n) is 18.4. The van der Waals surface area contributed by atoms with E-state index in [1.807, 2.05) is 24.3 Å². The molecule has 0 aromatic heterocycles. The van der Waals surface area contributed by atoms with Crippen LogP contribution in [0, 0.1) is 0 Å². The zero-order chi connectivity index (χ0) is 25.2. The smallest absolute Gasteiger partial charge is 0.264 e. The Morgan fingerprint density at radius 2 is 1.61 bits per heavy atom. The van der Waals surface area contributed by atoms with E-state index in [0.29, 0.717) is 53.8 Å². The Labute approximate surface area is 231 Å². The van der Waals surface area contributed by atoms with Gasteiger partial charge in [-0.25, -0.2) is 4.99 Å². The van der Waals surface area contributed by atoms with E-state index in [1.54, 1.807) is 36.4 Å². The van der Waals surface area contributed by atoms with Crippen molar-refractivity contribution in [3.05, 3.63) is 109 Å². The number of amidine groups is 1. The standard InChI is InChI=1S/C27H16Cl4N2O2S/c28-19-9-4-10-22(24(19)31)32-27-33-26(34)23(36-27)13-15-11-20(29)25(21(30)12-15)35-14-17-7-3-6-16-5-1-2-8-18(16)17/h1-13H,14H2,(H,32,33,34)/b23-13+. The van der Waals surface area contributed by atoms with E-state index in [1.165, 1.54) is 11.8 Å². The van der Waals surface area contributed by atoms with Gasteiger partial charge in [0.2, 0.25) is 0 Å². The molecule has 0 aliphatic carbocycles. The molecule has 1 N–H and O–H groups in total. The lowest BCUT2D eigenvalue weighted by Gasteiger charge is -2.12. The molecular formula is C27H16Cl4N2O2S. The van der Waals surface area contributed by atoms with Gasteiger partial charge in [0, 0.05) is 0 Å². The summed E-state index contributed by atoms with van der Waals surface area (Å²) in [4.78, 5) is 17.3. The predicted molar refractivity (Wildman–Crippen MR) is 152 cm³/mol. The Morgan fingerprint density at radius 3 is 2.42 bits per heavy atom. The molecular weight excluding hydrogens is 558 g/mol. The molecule has 1 aliphatic heterocycles. The highest BCUT2D eigenvalue weighted by molar-refractivity contribution is 8.18. The number of benzene rings is 4. The second-order valence-electron chi connectivity index (χ2n) is 7.80. The molecule has 0 unspecified atom stereocenters. The second kappa shape index (κ2) is 10.8. The average molecular weight is 574 g/mol. The first-order valence-electron chi connectivity index (χ1n) is 10.7. The minimum absolute atomic E-state index is 0.291. The number of rotatable bonds is 5. The second-order valence-corrected chi connectivity index (χ2v) is 10.4. The van der Waals surface area contributed by atoms with Gasteiger partial charge in [0.15, 0.2) is 10.9 Å². The molecule has 0 spiro atoms. The van der Waals surface area contributed by atoms with Gasteiger partial charge in [-0.2, -0.15) is 0 Å². The summed E-state index contributed by atoms with van der Waals surface area (Å²) in [6.07, 6.45) is 1.69. The molecule has 1 saturated heterocycles. The number of nitrogens with zero attached hydrogens (tertiary/aromatic N) is 1. The molecule has 0 radical (unpaired) electrons. The topological polar surface area (TPSA) is 50.7 Å². The van der Waals surface area contributed by atoms with Gasteiger partial charge in [-0.05, 0) is 64.0 Å². The molecule has 1 aliphatic rings. The third-order valence-electron chi connectivity index (χ3n) is 5.37. The Hall–Kier alpha value is -2.67. The van der Waals surface area contributed by atoms with Gasteiger partial charge in [-0.3, -0.25) is 4.79 Å². The van der Waals surface area contributed by atoms with Crippen LogP contribution in [0.1, 0.15) is 11.1 Å². The molecule has 4 aromatic carbocycles. The molecule has 4 aromatic rings. The van der Waals surface area contributed by atoms with E-state index < -0.39 is 0 Å². The highest BCUT2D eigenvalue weighted by Gasteiger charge is 2.24. The SMILES string of the molecule is O=C1NC(=Nc2cccc(Cl)c2Cl)S/C1=C/c1cc(Cl)c(OCc2cccc3ccccc23)c(Cl)c1. The first kappa shape index (κ1) is 25.0. The number of hydrogen-bond acceptors (Lipinski definition) is 4. The van der Waals surface area contributed by atoms with Gasteiger partial charge >= 0.3 is 0 Å². The fraction of sp³-hybridized carbons (Fsp3) is 0.0370. The summed E-state index contributed by atoms with van der Waals surface area (Å²) in [5.41, 5.74) is 2.14. The van der Waals surface area contributed by atoms with E-state index in [9.17, 15) is 4.79 Å². The highest BCUT2D eigenvalue weighted by atomic mass is 35.5. The predicted octanol–water partition coefficient (Wildman–Crippen LogP) is 8.92. The lowest BCUT2D eigenvalue weighted by molar-refractivity contribution is -0.115. The normalized spacial score (nSPS) is 15.6. The number of halogens is 4. The van der Waals surface area contributed by atoms with Crippen LogP contribution in [0.3, 0.4) is 0 Å². The van der Waals surface area contributed by atoms with Crippen molar-refractivity contribution >= 4 is 91.8 Å². The van der Waals surface area contributed by atoms with Gasteiger partial charge in [0.25, 0.3) is 5.91 Å². The first-order chi connectivity index (χ1) is 17.4. The molecule has 180 valence electrons. The van der Waals surface area contributed by atoms with Crippen molar-refractivity contribution in [3.8, 4) is 5.75 Å². The minimum Gasteiger partial charge on any atom is -0.486 e. The fourth-order valence-electron chi connectivity index (χ4n) is 3.69. The monoisotopic (exact) mass is 572 g/mol. The van der Waals surface area contributed by atoms with Gasteiger partial charge in [0.05, 0.1) is 30.7 Å². The summed E-state index contributed by atoms with van der Waals surface area (Å²) < 4.78 is 6.00. The van der Waals surface area contributed by atoms with E-state index in [4.69, 9.17) is 51.1 Å². The number of carbonyl (C=O) groups excluding carboxylic acids is 1. The lowest BCUT2D eigenvalue weighted by atomic mass is 10.1. The Kier molecular flexibility index (Phi) is 7.47. The quantitative estimate of drug-likeness (QED) is 0.242. The van der Waals surface area contributed by atoms with Crippen molar-refractivity contribution in [2.45, 2.75) is 6.61 Å². The van der Waals surface area contributed by atoms with Gasteiger partial charge < -0.3 is 10.1 Å². The number of fused-ring (bicyclic) bond motifs is 1. The molecule has 36 heavy (non-hydrogen) atoms. The molecule has 0 saturated carbocycles. The van der Waals surface area contributed by atoms with Gasteiger partial charge in [-0.15, -0.1) is 0 Å². The number of carbonyl (C=O) groups is 1. The molecule has 0 atom stereocenters. The van der Waals surface area contributed by atoms with Crippen LogP contribution >= 0.6 is 58.2 Å². The number of ether oxygens (including phenoxy) is 1. The Balaban J connectivity index is 1.35. The first-order valence-corrected chi connectivity index (χ1v) is 13.0.